The molecule has 0 aliphatic carbocycles. The standard InChI is InChI=1S/C19H24N4O2S/c24-18(14-23-19(25)17-4-2-1-3-15(17)13-20-23)22-9-7-21(8-10-22)16-5-11-26-12-6-16/h1-4,13,16H,5-12,14H2. The third-order valence-electron chi connectivity index (χ3n) is 5.42. The molecule has 1 amide bonds. The smallest absolute Gasteiger partial charge is 0.275 e. The van der Waals surface area contributed by atoms with Crippen molar-refractivity contribution < 1.29 is 4.79 Å². The summed E-state index contributed by atoms with van der Waals surface area (Å²) in [6.45, 7) is 3.36. The van der Waals surface area contributed by atoms with Gasteiger partial charge in [-0.15, -0.1) is 0 Å². The van der Waals surface area contributed by atoms with Crippen LogP contribution in [0.25, 0.3) is 10.8 Å². The summed E-state index contributed by atoms with van der Waals surface area (Å²) in [5.41, 5.74) is -0.199. The number of hydrogen-bond donors (Lipinski definition) is 0. The van der Waals surface area contributed by atoms with Crippen molar-refractivity contribution in [1.82, 2.24) is 19.6 Å². The van der Waals surface area contributed by atoms with Crippen molar-refractivity contribution in [3.63, 3.8) is 0 Å². The van der Waals surface area contributed by atoms with E-state index < -0.39 is 0 Å². The van der Waals surface area contributed by atoms with E-state index in [4.69, 9.17) is 0 Å². The summed E-state index contributed by atoms with van der Waals surface area (Å²) in [7, 11) is 0. The maximum Gasteiger partial charge on any atom is 0.275 e. The van der Waals surface area contributed by atoms with Gasteiger partial charge in [-0.2, -0.15) is 16.9 Å². The second-order valence-electron chi connectivity index (χ2n) is 6.95. The van der Waals surface area contributed by atoms with Crippen LogP contribution in [0.1, 0.15) is 12.8 Å². The van der Waals surface area contributed by atoms with Crippen molar-refractivity contribution in [2.24, 2.45) is 0 Å². The van der Waals surface area contributed by atoms with Crippen LogP contribution in [0.5, 0.6) is 0 Å². The topological polar surface area (TPSA) is 58.4 Å². The molecule has 0 N–H and O–H groups in total. The largest absolute Gasteiger partial charge is 0.339 e. The van der Waals surface area contributed by atoms with Gasteiger partial charge in [0.2, 0.25) is 5.91 Å². The van der Waals surface area contributed by atoms with Gasteiger partial charge < -0.3 is 4.90 Å². The zero-order valence-corrected chi connectivity index (χ0v) is 15.7. The molecular formula is C19H24N4O2S. The molecule has 0 bridgehead atoms. The second kappa shape index (κ2) is 7.80. The summed E-state index contributed by atoms with van der Waals surface area (Å²) in [5, 5.41) is 5.59. The highest BCUT2D eigenvalue weighted by Crippen LogP contribution is 2.22. The first-order chi connectivity index (χ1) is 12.7. The van der Waals surface area contributed by atoms with Gasteiger partial charge in [-0.25, -0.2) is 4.68 Å². The van der Waals surface area contributed by atoms with Gasteiger partial charge >= 0.3 is 0 Å². The molecular weight excluding hydrogens is 348 g/mol. The molecule has 2 saturated heterocycles. The number of carbonyl (C=O) groups is 1. The van der Waals surface area contributed by atoms with E-state index in [0.717, 1.165) is 31.6 Å². The fourth-order valence-corrected chi connectivity index (χ4v) is 4.94. The van der Waals surface area contributed by atoms with E-state index in [2.05, 4.69) is 10.00 Å². The molecule has 0 radical (unpaired) electrons. The SMILES string of the molecule is O=C(Cn1ncc2ccccc2c1=O)N1CCN(C2CCSCC2)CC1. The number of amides is 1. The molecule has 7 heteroatoms. The number of nitrogens with zero attached hydrogens (tertiary/aromatic N) is 4. The maximum absolute atomic E-state index is 12.6. The van der Waals surface area contributed by atoms with Gasteiger partial charge in [-0.05, 0) is 30.4 Å². The van der Waals surface area contributed by atoms with Crippen LogP contribution >= 0.6 is 11.8 Å². The van der Waals surface area contributed by atoms with Gasteiger partial charge in [0.1, 0.15) is 6.54 Å². The van der Waals surface area contributed by atoms with Crippen LogP contribution in [0.2, 0.25) is 0 Å². The molecule has 0 atom stereocenters. The first-order valence-electron chi connectivity index (χ1n) is 9.27. The molecule has 2 fully saturated rings. The number of benzene rings is 1. The van der Waals surface area contributed by atoms with Crippen molar-refractivity contribution >= 4 is 28.4 Å². The Labute approximate surface area is 157 Å². The van der Waals surface area contributed by atoms with Gasteiger partial charge in [0, 0.05) is 37.6 Å². The van der Waals surface area contributed by atoms with E-state index >= 15 is 0 Å². The molecule has 1 aromatic carbocycles. The van der Waals surface area contributed by atoms with E-state index in [1.54, 1.807) is 12.3 Å². The highest BCUT2D eigenvalue weighted by atomic mass is 32.2. The summed E-state index contributed by atoms with van der Waals surface area (Å²) in [6, 6.07) is 8.03. The summed E-state index contributed by atoms with van der Waals surface area (Å²) < 4.78 is 1.29. The Bertz CT molecular complexity index is 839. The average Bonchev–Trinajstić information content (AvgIpc) is 2.71. The van der Waals surface area contributed by atoms with Gasteiger partial charge in [0.25, 0.3) is 5.56 Å². The second-order valence-corrected chi connectivity index (χ2v) is 8.18. The van der Waals surface area contributed by atoms with Gasteiger partial charge in [-0.1, -0.05) is 18.2 Å². The molecule has 4 rings (SSSR count). The Kier molecular flexibility index (Phi) is 5.26. The Morgan fingerprint density at radius 1 is 1.12 bits per heavy atom. The van der Waals surface area contributed by atoms with Crippen molar-refractivity contribution in [2.45, 2.75) is 25.4 Å². The highest BCUT2D eigenvalue weighted by molar-refractivity contribution is 7.99. The predicted octanol–water partition coefficient (Wildman–Crippen LogP) is 1.44. The van der Waals surface area contributed by atoms with Crippen LogP contribution in [-0.4, -0.2) is 69.2 Å². The molecule has 6 nitrogen and oxygen atoms in total. The molecule has 3 heterocycles. The normalized spacial score (nSPS) is 19.8. The quantitative estimate of drug-likeness (QED) is 0.816. The molecule has 2 aliphatic heterocycles. The Balaban J connectivity index is 1.38. The van der Waals surface area contributed by atoms with E-state index in [1.807, 2.05) is 34.9 Å². The lowest BCUT2D eigenvalue weighted by molar-refractivity contribution is -0.134. The van der Waals surface area contributed by atoms with Gasteiger partial charge in [-0.3, -0.25) is 14.5 Å². The molecule has 138 valence electrons. The lowest BCUT2D eigenvalue weighted by Gasteiger charge is -2.40. The number of aromatic nitrogens is 2. The molecule has 2 aliphatic rings. The summed E-state index contributed by atoms with van der Waals surface area (Å²) in [6.07, 6.45) is 4.17. The summed E-state index contributed by atoms with van der Waals surface area (Å²) in [4.78, 5) is 29.6. The van der Waals surface area contributed by atoms with Crippen molar-refractivity contribution in [1.29, 1.82) is 0 Å². The van der Waals surface area contributed by atoms with Crippen LogP contribution < -0.4 is 5.56 Å². The van der Waals surface area contributed by atoms with Crippen molar-refractivity contribution in [3.8, 4) is 0 Å². The molecule has 2 aromatic rings. The first-order valence-corrected chi connectivity index (χ1v) is 10.4. The van der Waals surface area contributed by atoms with E-state index in [1.165, 1.54) is 29.0 Å². The van der Waals surface area contributed by atoms with Crippen LogP contribution in [0.3, 0.4) is 0 Å². The van der Waals surface area contributed by atoms with Gasteiger partial charge in [0.05, 0.1) is 11.6 Å². The minimum atomic E-state index is -0.199. The minimum absolute atomic E-state index is 0.0176. The van der Waals surface area contributed by atoms with Crippen LogP contribution in [0.15, 0.2) is 35.3 Å². The molecule has 0 unspecified atom stereocenters. The third-order valence-corrected chi connectivity index (χ3v) is 6.47. The first kappa shape index (κ1) is 17.5. The number of thioether (sulfide) groups is 1. The fourth-order valence-electron chi connectivity index (χ4n) is 3.86. The van der Waals surface area contributed by atoms with Crippen LogP contribution in [0, 0.1) is 0 Å². The average molecular weight is 372 g/mol. The Morgan fingerprint density at radius 2 is 1.85 bits per heavy atom. The number of rotatable bonds is 3. The Morgan fingerprint density at radius 3 is 2.62 bits per heavy atom. The number of fused-ring (bicyclic) bond motifs is 1. The number of hydrogen-bond acceptors (Lipinski definition) is 5. The molecule has 1 aromatic heterocycles. The maximum atomic E-state index is 12.6. The fraction of sp³-hybridized carbons (Fsp3) is 0.526. The molecule has 26 heavy (non-hydrogen) atoms. The molecule has 0 spiro atoms. The van der Waals surface area contributed by atoms with Crippen LogP contribution in [-0.2, 0) is 11.3 Å². The third kappa shape index (κ3) is 3.64. The summed E-state index contributed by atoms with van der Waals surface area (Å²) in [5.74, 6) is 2.48. The minimum Gasteiger partial charge on any atom is -0.339 e. The lowest BCUT2D eigenvalue weighted by atomic mass is 10.1. The van der Waals surface area contributed by atoms with Gasteiger partial charge in [0.15, 0.2) is 0 Å². The van der Waals surface area contributed by atoms with E-state index in [-0.39, 0.29) is 18.0 Å². The Hall–Kier alpha value is -1.86. The van der Waals surface area contributed by atoms with Crippen LogP contribution in [0.4, 0.5) is 0 Å². The zero-order chi connectivity index (χ0) is 17.9. The van der Waals surface area contributed by atoms with Crippen molar-refractivity contribution in [2.75, 3.05) is 37.7 Å². The predicted molar refractivity (Wildman–Crippen MR) is 105 cm³/mol. The van der Waals surface area contributed by atoms with Crippen molar-refractivity contribution in [3.05, 3.63) is 40.8 Å². The number of carbonyl (C=O) groups excluding carboxylic acids is 1. The zero-order valence-electron chi connectivity index (χ0n) is 14.8. The number of piperazine rings is 1. The lowest BCUT2D eigenvalue weighted by Crippen LogP contribution is -2.53. The highest BCUT2D eigenvalue weighted by Gasteiger charge is 2.27. The summed E-state index contributed by atoms with van der Waals surface area (Å²) >= 11 is 2.04. The molecule has 0 saturated carbocycles. The van der Waals surface area contributed by atoms with E-state index in [0.29, 0.717) is 11.4 Å². The van der Waals surface area contributed by atoms with E-state index in [9.17, 15) is 9.59 Å². The monoisotopic (exact) mass is 372 g/mol.